The molecule has 1 aliphatic rings. The van der Waals surface area contributed by atoms with E-state index in [1.807, 2.05) is 36.4 Å². The summed E-state index contributed by atoms with van der Waals surface area (Å²) in [5.41, 5.74) is 1.72. The Hall–Kier alpha value is -0.583. The molecule has 4 rings (SSSR count). The molecular formula is C12H8Cl4N2Si. The van der Waals surface area contributed by atoms with Gasteiger partial charge in [-0.05, 0) is 0 Å². The molecule has 7 heteroatoms. The molecule has 98 valence electrons. The Bertz CT molecular complexity index is 832. The first-order chi connectivity index (χ1) is 8.72. The molecule has 0 spiro atoms. The van der Waals surface area contributed by atoms with E-state index in [9.17, 15) is 0 Å². The SMILES string of the molecule is Cl[Si-2]1(Cl)(Cl)(Cl)[n+]2cccc3ccc4ccc[n+]1c4c32. The summed E-state index contributed by atoms with van der Waals surface area (Å²) in [5.74, 6) is 0. The molecule has 1 aromatic carbocycles. The van der Waals surface area contributed by atoms with Crippen molar-refractivity contribution in [2.45, 2.75) is 0 Å². The average Bonchev–Trinajstić information content (AvgIpc) is 2.52. The first-order valence-electron chi connectivity index (χ1n) is 5.74. The summed E-state index contributed by atoms with van der Waals surface area (Å²) in [6, 6.07) is 11.7. The molecule has 0 amide bonds. The number of benzene rings is 1. The van der Waals surface area contributed by atoms with Crippen LogP contribution in [0.3, 0.4) is 0 Å². The second kappa shape index (κ2) is 2.87. The molecule has 0 bridgehead atoms. The Labute approximate surface area is 127 Å². The third-order valence-electron chi connectivity index (χ3n) is 3.66. The maximum absolute atomic E-state index is 6.66. The molecule has 1 aliphatic heterocycles. The van der Waals surface area contributed by atoms with Crippen LogP contribution in [0, 0.1) is 0 Å². The van der Waals surface area contributed by atoms with Crippen molar-refractivity contribution in [1.29, 1.82) is 0 Å². The molecule has 0 atom stereocenters. The van der Waals surface area contributed by atoms with Gasteiger partial charge in [-0.25, -0.2) is 0 Å². The van der Waals surface area contributed by atoms with Crippen LogP contribution in [0.25, 0.3) is 21.8 Å². The van der Waals surface area contributed by atoms with Crippen LogP contribution in [0.1, 0.15) is 0 Å². The molecule has 3 heterocycles. The Kier molecular flexibility index (Phi) is 1.84. The monoisotopic (exact) mass is 348 g/mol. The van der Waals surface area contributed by atoms with Gasteiger partial charge in [-0.3, -0.25) is 0 Å². The fourth-order valence-corrected chi connectivity index (χ4v) is 8.56. The minimum atomic E-state index is -5.15. The molecule has 19 heavy (non-hydrogen) atoms. The van der Waals surface area contributed by atoms with Gasteiger partial charge in [-0.2, -0.15) is 0 Å². The number of aromatic nitrogens is 2. The summed E-state index contributed by atoms with van der Waals surface area (Å²) in [6.45, 7) is 0. The standard InChI is InChI=1S/C12H8Cl4N2Si/c13-19(14,15,16)17-7-1-3-9-5-6-10-4-2-8-18(19)12(10)11(9)17/h1-8H. The Morgan fingerprint density at radius 2 is 1.11 bits per heavy atom. The predicted molar refractivity (Wildman–Crippen MR) is 81.8 cm³/mol. The van der Waals surface area contributed by atoms with Crippen LogP contribution in [-0.2, 0) is 0 Å². The molecule has 0 fully saturated rings. The summed E-state index contributed by atoms with van der Waals surface area (Å²) in [5, 5.41) is 1.99. The Balaban J connectivity index is 2.49. The third-order valence-corrected chi connectivity index (χ3v) is 10.7. The van der Waals surface area contributed by atoms with Crippen LogP contribution in [0.5, 0.6) is 0 Å². The second-order valence-electron chi connectivity index (χ2n) is 4.90. The van der Waals surface area contributed by atoms with E-state index in [4.69, 9.17) is 44.3 Å². The van der Waals surface area contributed by atoms with Crippen molar-refractivity contribution in [3.8, 4) is 0 Å². The molecule has 0 unspecified atom stereocenters. The van der Waals surface area contributed by atoms with Gasteiger partial charge in [0.25, 0.3) is 0 Å². The van der Waals surface area contributed by atoms with Gasteiger partial charge < -0.3 is 0 Å². The minimum absolute atomic E-state index is 0.861. The fourth-order valence-electron chi connectivity index (χ4n) is 2.85. The zero-order valence-corrected chi connectivity index (χ0v) is 13.5. The van der Waals surface area contributed by atoms with E-state index < -0.39 is 4.19 Å². The van der Waals surface area contributed by atoms with Gasteiger partial charge in [0.15, 0.2) is 0 Å². The van der Waals surface area contributed by atoms with Crippen LogP contribution >= 0.6 is 44.3 Å². The molecule has 2 nitrogen and oxygen atoms in total. The topological polar surface area (TPSA) is 7.76 Å². The molecule has 0 N–H and O–H groups in total. The van der Waals surface area contributed by atoms with Gasteiger partial charge in [0.1, 0.15) is 0 Å². The van der Waals surface area contributed by atoms with Gasteiger partial charge in [0, 0.05) is 0 Å². The van der Waals surface area contributed by atoms with E-state index in [0.29, 0.717) is 0 Å². The van der Waals surface area contributed by atoms with Crippen LogP contribution in [0.4, 0.5) is 0 Å². The molecule has 0 radical (unpaired) electrons. The van der Waals surface area contributed by atoms with E-state index in [2.05, 4.69) is 0 Å². The van der Waals surface area contributed by atoms with Gasteiger partial charge >= 0.3 is 128 Å². The van der Waals surface area contributed by atoms with Gasteiger partial charge in [0.05, 0.1) is 0 Å². The summed E-state index contributed by atoms with van der Waals surface area (Å²) < 4.78 is -1.90. The maximum atomic E-state index is 6.66. The summed E-state index contributed by atoms with van der Waals surface area (Å²) >= 11 is 26.6. The van der Waals surface area contributed by atoms with Crippen LogP contribution < -0.4 is 8.47 Å². The van der Waals surface area contributed by atoms with Gasteiger partial charge in [0.2, 0.25) is 0 Å². The number of hydrogen-bond acceptors (Lipinski definition) is 0. The average molecular weight is 350 g/mol. The van der Waals surface area contributed by atoms with Crippen molar-refractivity contribution in [1.82, 2.24) is 0 Å². The number of hydrogen-bond donors (Lipinski definition) is 0. The van der Waals surface area contributed by atoms with Gasteiger partial charge in [-0.15, -0.1) is 0 Å². The van der Waals surface area contributed by atoms with Crippen molar-refractivity contribution < 1.29 is 8.47 Å². The van der Waals surface area contributed by atoms with E-state index >= 15 is 0 Å². The second-order valence-corrected chi connectivity index (χ2v) is 22.6. The summed E-state index contributed by atoms with van der Waals surface area (Å²) in [7, 11) is 0. The zero-order chi connectivity index (χ0) is 13.5. The van der Waals surface area contributed by atoms with Crippen LogP contribution in [-0.4, -0.2) is 4.19 Å². The number of nitrogens with zero attached hydrogens (tertiary/aromatic N) is 2. The molecule has 3 aromatic rings. The van der Waals surface area contributed by atoms with Crippen molar-refractivity contribution in [2.24, 2.45) is 0 Å². The fraction of sp³-hybridized carbons (Fsp3) is 0. The Morgan fingerprint density at radius 1 is 0.684 bits per heavy atom. The molecule has 0 saturated carbocycles. The van der Waals surface area contributed by atoms with Crippen LogP contribution in [0.2, 0.25) is 0 Å². The zero-order valence-electron chi connectivity index (χ0n) is 9.53. The van der Waals surface area contributed by atoms with Crippen molar-refractivity contribution >= 4 is 70.3 Å². The molecule has 0 saturated heterocycles. The van der Waals surface area contributed by atoms with E-state index in [1.165, 1.54) is 0 Å². The Morgan fingerprint density at radius 3 is 1.53 bits per heavy atom. The first-order valence-corrected chi connectivity index (χ1v) is 12.7. The summed E-state index contributed by atoms with van der Waals surface area (Å²) in [6.07, 6.45) is 3.47. The molecule has 0 aliphatic carbocycles. The van der Waals surface area contributed by atoms with E-state index in [1.54, 1.807) is 20.9 Å². The number of pyridine rings is 2. The third kappa shape index (κ3) is 1.30. The van der Waals surface area contributed by atoms with Crippen molar-refractivity contribution in [3.63, 3.8) is 0 Å². The normalized spacial score (nSPS) is 24.8. The van der Waals surface area contributed by atoms with E-state index in [-0.39, 0.29) is 0 Å². The summed E-state index contributed by atoms with van der Waals surface area (Å²) in [4.78, 5) is 0. The van der Waals surface area contributed by atoms with Gasteiger partial charge in [-0.1, -0.05) is 0 Å². The quantitative estimate of drug-likeness (QED) is 0.333. The number of halogens is 4. The van der Waals surface area contributed by atoms with Crippen molar-refractivity contribution in [3.05, 3.63) is 48.8 Å². The number of rotatable bonds is 0. The predicted octanol–water partition coefficient (Wildman–Crippen LogP) is 3.57. The molecule has 2 aromatic heterocycles. The molecular weight excluding hydrogens is 342 g/mol. The first kappa shape index (κ1) is 12.2. The van der Waals surface area contributed by atoms with Crippen LogP contribution in [0.15, 0.2) is 48.8 Å². The van der Waals surface area contributed by atoms with E-state index in [0.717, 1.165) is 21.8 Å². The van der Waals surface area contributed by atoms with Crippen molar-refractivity contribution in [2.75, 3.05) is 0 Å².